The van der Waals surface area contributed by atoms with E-state index in [-0.39, 0.29) is 5.41 Å². The van der Waals surface area contributed by atoms with Crippen LogP contribution in [0.15, 0.2) is 36.5 Å². The monoisotopic (exact) mass is 290 g/mol. The Balaban J connectivity index is 4.99. The summed E-state index contributed by atoms with van der Waals surface area (Å²) in [6, 6.07) is 0. The van der Waals surface area contributed by atoms with Gasteiger partial charge in [0.05, 0.1) is 0 Å². The highest BCUT2D eigenvalue weighted by Crippen LogP contribution is 2.36. The van der Waals surface area contributed by atoms with Gasteiger partial charge in [-0.15, -0.1) is 0 Å². The minimum Gasteiger partial charge on any atom is -0.0955 e. The Bertz CT molecular complexity index is 356. The van der Waals surface area contributed by atoms with Gasteiger partial charge < -0.3 is 0 Å². The summed E-state index contributed by atoms with van der Waals surface area (Å²) in [4.78, 5) is 0. The molecule has 122 valence electrons. The van der Waals surface area contributed by atoms with Crippen LogP contribution in [0.3, 0.4) is 0 Å². The number of hydrogen-bond acceptors (Lipinski definition) is 0. The summed E-state index contributed by atoms with van der Waals surface area (Å²) in [5.74, 6) is 0.518. The smallest absolute Gasteiger partial charge is 0.00359 e. The maximum absolute atomic E-state index is 4.32. The van der Waals surface area contributed by atoms with Crippen molar-refractivity contribution < 1.29 is 0 Å². The molecule has 21 heavy (non-hydrogen) atoms. The second-order valence-corrected chi connectivity index (χ2v) is 7.39. The lowest BCUT2D eigenvalue weighted by atomic mass is 9.73. The molecule has 0 aromatic carbocycles. The van der Waals surface area contributed by atoms with Crippen molar-refractivity contribution in [3.63, 3.8) is 0 Å². The first-order valence-electron chi connectivity index (χ1n) is 8.78. The van der Waals surface area contributed by atoms with Crippen LogP contribution in [-0.4, -0.2) is 0 Å². The molecule has 0 N–H and O–H groups in total. The highest BCUT2D eigenvalue weighted by atomic mass is 14.3. The zero-order valence-corrected chi connectivity index (χ0v) is 15.6. The lowest BCUT2D eigenvalue weighted by Crippen LogP contribution is -2.21. The van der Waals surface area contributed by atoms with E-state index in [9.17, 15) is 0 Å². The molecule has 0 heterocycles. The minimum absolute atomic E-state index is 0.172. The van der Waals surface area contributed by atoms with Gasteiger partial charge in [-0.3, -0.25) is 0 Å². The molecule has 0 aliphatic rings. The Kier molecular flexibility index (Phi) is 8.94. The zero-order chi connectivity index (χ0) is 16.5. The van der Waals surface area contributed by atoms with Crippen molar-refractivity contribution in [1.29, 1.82) is 0 Å². The van der Waals surface area contributed by atoms with Crippen LogP contribution in [0.4, 0.5) is 0 Å². The van der Waals surface area contributed by atoms with Crippen LogP contribution in [-0.2, 0) is 0 Å². The van der Waals surface area contributed by atoms with Gasteiger partial charge in [-0.05, 0) is 24.2 Å². The molecule has 0 radical (unpaired) electrons. The number of rotatable bonds is 10. The van der Waals surface area contributed by atoms with Gasteiger partial charge in [-0.25, -0.2) is 0 Å². The van der Waals surface area contributed by atoms with E-state index in [1.807, 2.05) is 0 Å². The quantitative estimate of drug-likeness (QED) is 0.292. The van der Waals surface area contributed by atoms with Gasteiger partial charge in [-0.2, -0.15) is 0 Å². The van der Waals surface area contributed by atoms with Gasteiger partial charge in [0.15, 0.2) is 0 Å². The molecule has 0 fully saturated rings. The molecule has 0 aromatic rings. The summed E-state index contributed by atoms with van der Waals surface area (Å²) in [7, 11) is 0. The fourth-order valence-corrected chi connectivity index (χ4v) is 2.42. The molecule has 2 unspecified atom stereocenters. The Morgan fingerprint density at radius 3 is 2.19 bits per heavy atom. The molecule has 0 amide bonds. The molecule has 0 nitrogen and oxygen atoms in total. The molecule has 0 bridgehead atoms. The first-order valence-corrected chi connectivity index (χ1v) is 8.78. The molecular weight excluding hydrogens is 252 g/mol. The molecular formula is C21H38. The highest BCUT2D eigenvalue weighted by Gasteiger charge is 2.25. The molecule has 0 rings (SSSR count). The first-order chi connectivity index (χ1) is 9.72. The molecule has 0 saturated carbocycles. The Hall–Kier alpha value is -0.780. The summed E-state index contributed by atoms with van der Waals surface area (Å²) < 4.78 is 0. The summed E-state index contributed by atoms with van der Waals surface area (Å²) in [6.07, 6.45) is 15.4. The van der Waals surface area contributed by atoms with E-state index in [1.54, 1.807) is 0 Å². The predicted octanol–water partition coefficient (Wildman–Crippen LogP) is 7.33. The van der Waals surface area contributed by atoms with Crippen LogP contribution in [0.5, 0.6) is 0 Å². The Labute approximate surface area is 134 Å². The van der Waals surface area contributed by atoms with Crippen LogP contribution in [0.2, 0.25) is 0 Å². The van der Waals surface area contributed by atoms with Gasteiger partial charge in [0.1, 0.15) is 0 Å². The van der Waals surface area contributed by atoms with E-state index in [1.165, 1.54) is 31.3 Å². The van der Waals surface area contributed by atoms with Crippen LogP contribution in [0, 0.1) is 16.7 Å². The lowest BCUT2D eigenvalue weighted by Gasteiger charge is -2.31. The second-order valence-electron chi connectivity index (χ2n) is 7.39. The molecule has 0 heteroatoms. The summed E-state index contributed by atoms with van der Waals surface area (Å²) in [5.41, 5.74) is 1.75. The predicted molar refractivity (Wildman–Crippen MR) is 98.6 cm³/mol. The summed E-state index contributed by atoms with van der Waals surface area (Å²) in [6.45, 7) is 20.4. The molecule has 0 aromatic heterocycles. The van der Waals surface area contributed by atoms with Crippen molar-refractivity contribution in [3.8, 4) is 0 Å². The topological polar surface area (TPSA) is 0 Å². The van der Waals surface area contributed by atoms with Gasteiger partial charge in [0.2, 0.25) is 0 Å². The van der Waals surface area contributed by atoms with Crippen LogP contribution in [0.25, 0.3) is 0 Å². The van der Waals surface area contributed by atoms with E-state index in [0.717, 1.165) is 6.42 Å². The third-order valence-corrected chi connectivity index (χ3v) is 5.12. The largest absolute Gasteiger partial charge is 0.0955 e. The van der Waals surface area contributed by atoms with Gasteiger partial charge in [0, 0.05) is 5.41 Å². The van der Waals surface area contributed by atoms with Gasteiger partial charge in [0.25, 0.3) is 0 Å². The van der Waals surface area contributed by atoms with E-state index >= 15 is 0 Å². The average Bonchev–Trinajstić information content (AvgIpc) is 2.48. The Morgan fingerprint density at radius 2 is 1.71 bits per heavy atom. The summed E-state index contributed by atoms with van der Waals surface area (Å²) >= 11 is 0. The maximum atomic E-state index is 4.32. The zero-order valence-electron chi connectivity index (χ0n) is 15.6. The number of unbranched alkanes of at least 4 members (excludes halogenated alkanes) is 1. The van der Waals surface area contributed by atoms with Crippen LogP contribution >= 0.6 is 0 Å². The molecule has 2 atom stereocenters. The van der Waals surface area contributed by atoms with E-state index in [4.69, 9.17) is 0 Å². The molecule has 0 aliphatic heterocycles. The number of hydrogen-bond donors (Lipinski definition) is 0. The van der Waals surface area contributed by atoms with Gasteiger partial charge >= 0.3 is 0 Å². The lowest BCUT2D eigenvalue weighted by molar-refractivity contribution is 0.258. The third kappa shape index (κ3) is 7.16. The van der Waals surface area contributed by atoms with Gasteiger partial charge in [-0.1, -0.05) is 104 Å². The van der Waals surface area contributed by atoms with E-state index in [0.29, 0.717) is 11.3 Å². The standard InChI is InChI=1S/C21H38/c1-9-12-15-21(8,16-13-10-2)17-14-18(4)19(5)20(6,7)11-3/h12,14-15,17,19H,4,9-11,13,16H2,1-3,5-8H3. The molecule has 0 aliphatic carbocycles. The molecule has 0 saturated heterocycles. The van der Waals surface area contributed by atoms with Crippen LogP contribution in [0.1, 0.15) is 80.6 Å². The third-order valence-electron chi connectivity index (χ3n) is 5.12. The van der Waals surface area contributed by atoms with Crippen LogP contribution < -0.4 is 0 Å². The minimum atomic E-state index is 0.172. The van der Waals surface area contributed by atoms with Crippen molar-refractivity contribution in [2.75, 3.05) is 0 Å². The normalized spacial score (nSPS) is 17.3. The average molecular weight is 291 g/mol. The van der Waals surface area contributed by atoms with E-state index < -0.39 is 0 Å². The van der Waals surface area contributed by atoms with Crippen molar-refractivity contribution >= 4 is 0 Å². The fraction of sp³-hybridized carbons (Fsp3) is 0.714. The fourth-order valence-electron chi connectivity index (χ4n) is 2.42. The highest BCUT2D eigenvalue weighted by molar-refractivity contribution is 5.23. The molecule has 0 spiro atoms. The SMILES string of the molecule is C=C(C=CC(C)(C=CCC)CCCC)C(C)C(C)(C)CC. The van der Waals surface area contributed by atoms with Crippen molar-refractivity contribution in [2.24, 2.45) is 16.7 Å². The van der Waals surface area contributed by atoms with E-state index in [2.05, 4.69) is 79.3 Å². The summed E-state index contributed by atoms with van der Waals surface area (Å²) in [5, 5.41) is 0. The second kappa shape index (κ2) is 9.28. The van der Waals surface area contributed by atoms with Crippen molar-refractivity contribution in [2.45, 2.75) is 80.6 Å². The number of allylic oxidation sites excluding steroid dienone is 5. The Morgan fingerprint density at radius 1 is 1.10 bits per heavy atom. The van der Waals surface area contributed by atoms with Crippen molar-refractivity contribution in [3.05, 3.63) is 36.5 Å². The maximum Gasteiger partial charge on any atom is 0.00359 e. The first kappa shape index (κ1) is 20.2. The van der Waals surface area contributed by atoms with Crippen molar-refractivity contribution in [1.82, 2.24) is 0 Å².